The molecule has 0 radical (unpaired) electrons. The van der Waals surface area contributed by atoms with E-state index in [1.807, 2.05) is 0 Å². The largest absolute Gasteiger partial charge is 0.384 e. The van der Waals surface area contributed by atoms with Gasteiger partial charge in [-0.25, -0.2) is 8.78 Å². The van der Waals surface area contributed by atoms with Crippen LogP contribution in [0.2, 0.25) is 0 Å². The molecule has 1 saturated heterocycles. The van der Waals surface area contributed by atoms with Crippen molar-refractivity contribution in [3.8, 4) is 0 Å². The van der Waals surface area contributed by atoms with Gasteiger partial charge in [-0.1, -0.05) is 6.92 Å². The third kappa shape index (κ3) is 3.27. The van der Waals surface area contributed by atoms with Crippen molar-refractivity contribution in [1.29, 1.82) is 0 Å². The number of hydrogen-bond donors (Lipinski definition) is 0. The fourth-order valence-electron chi connectivity index (χ4n) is 2.20. The van der Waals surface area contributed by atoms with Gasteiger partial charge in [-0.3, -0.25) is 0 Å². The van der Waals surface area contributed by atoms with Gasteiger partial charge in [0.05, 0.1) is 0 Å². The second kappa shape index (κ2) is 6.38. The molecule has 0 N–H and O–H groups in total. The lowest BCUT2D eigenvalue weighted by atomic mass is 9.86. The number of rotatable bonds is 7. The first-order valence-corrected chi connectivity index (χ1v) is 6.68. The van der Waals surface area contributed by atoms with Gasteiger partial charge in [-0.05, 0) is 11.8 Å². The standard InChI is InChI=1S/C12H12F12O/c1-5-3-25-4-6(5)2-8(15,16)10(19,20)12(23,24)11(21,22)9(17,18)7(13)14/h5-7H,2-4H2,1H3/t5-,6+/m0/s1. The summed E-state index contributed by atoms with van der Waals surface area (Å²) < 4.78 is 160. The van der Waals surface area contributed by atoms with Crippen LogP contribution in [0.4, 0.5) is 52.7 Å². The van der Waals surface area contributed by atoms with Gasteiger partial charge in [0, 0.05) is 19.6 Å². The second-order valence-electron chi connectivity index (χ2n) is 5.83. The van der Waals surface area contributed by atoms with Gasteiger partial charge >= 0.3 is 36.0 Å². The molecule has 2 atom stereocenters. The maximum atomic E-state index is 13.6. The number of hydrogen-bond acceptors (Lipinski definition) is 1. The molecular weight excluding hydrogens is 388 g/mol. The Morgan fingerprint density at radius 3 is 1.64 bits per heavy atom. The molecule has 1 heterocycles. The molecule has 0 aromatic heterocycles. The highest BCUT2D eigenvalue weighted by Crippen LogP contribution is 2.59. The minimum atomic E-state index is -7.45. The predicted molar refractivity (Wildman–Crippen MR) is 58.8 cm³/mol. The summed E-state index contributed by atoms with van der Waals surface area (Å²) in [6.45, 7) is 0.466. The molecule has 0 bridgehead atoms. The Kier molecular flexibility index (Phi) is 5.65. The van der Waals surface area contributed by atoms with Gasteiger partial charge in [-0.15, -0.1) is 0 Å². The molecule has 1 nitrogen and oxygen atoms in total. The Balaban J connectivity index is 3.23. The first kappa shape index (κ1) is 22.2. The number of alkyl halides is 12. The Morgan fingerprint density at radius 1 is 0.800 bits per heavy atom. The number of halogens is 12. The van der Waals surface area contributed by atoms with E-state index in [9.17, 15) is 52.7 Å². The molecule has 0 aromatic rings. The fourth-order valence-corrected chi connectivity index (χ4v) is 2.20. The van der Waals surface area contributed by atoms with Gasteiger partial charge in [0.2, 0.25) is 0 Å². The van der Waals surface area contributed by atoms with E-state index in [-0.39, 0.29) is 6.61 Å². The normalized spacial score (nSPS) is 24.2. The molecule has 1 rings (SSSR count). The van der Waals surface area contributed by atoms with E-state index in [4.69, 9.17) is 0 Å². The van der Waals surface area contributed by atoms with E-state index >= 15 is 0 Å². The summed E-state index contributed by atoms with van der Waals surface area (Å²) in [5, 5.41) is 0. The summed E-state index contributed by atoms with van der Waals surface area (Å²) in [5.74, 6) is -37.0. The molecule has 0 spiro atoms. The van der Waals surface area contributed by atoms with Gasteiger partial charge in [0.25, 0.3) is 0 Å². The molecule has 0 unspecified atom stereocenters. The Bertz CT molecular complexity index is 475. The number of ether oxygens (including phenoxy) is 1. The summed E-state index contributed by atoms with van der Waals surface area (Å²) in [5.41, 5.74) is 0. The highest BCUT2D eigenvalue weighted by molar-refractivity contribution is 5.09. The highest BCUT2D eigenvalue weighted by atomic mass is 19.4. The molecule has 1 aliphatic rings. The minimum Gasteiger partial charge on any atom is -0.381 e. The molecular formula is C12H12F12O. The molecule has 0 aromatic carbocycles. The van der Waals surface area contributed by atoms with Gasteiger partial charge in [-0.2, -0.15) is 43.9 Å². The summed E-state index contributed by atoms with van der Waals surface area (Å²) in [6, 6.07) is 0. The van der Waals surface area contributed by atoms with Crippen LogP contribution in [0.3, 0.4) is 0 Å². The van der Waals surface area contributed by atoms with Crippen LogP contribution in [0.25, 0.3) is 0 Å². The third-order valence-corrected chi connectivity index (χ3v) is 3.98. The van der Waals surface area contributed by atoms with Crippen LogP contribution < -0.4 is 0 Å². The Labute approximate surface area is 133 Å². The Morgan fingerprint density at radius 2 is 1.28 bits per heavy atom. The van der Waals surface area contributed by atoms with E-state index in [2.05, 4.69) is 4.74 Å². The van der Waals surface area contributed by atoms with Gasteiger partial charge < -0.3 is 4.74 Å². The van der Waals surface area contributed by atoms with Crippen molar-refractivity contribution in [3.63, 3.8) is 0 Å². The maximum absolute atomic E-state index is 13.6. The van der Waals surface area contributed by atoms with E-state index in [1.165, 1.54) is 6.92 Å². The summed E-state index contributed by atoms with van der Waals surface area (Å²) in [6.07, 6.45) is -7.56. The van der Waals surface area contributed by atoms with Crippen LogP contribution in [0, 0.1) is 11.8 Å². The topological polar surface area (TPSA) is 9.23 Å². The van der Waals surface area contributed by atoms with E-state index in [1.54, 1.807) is 0 Å². The first-order chi connectivity index (χ1) is 10.9. The van der Waals surface area contributed by atoms with E-state index in [0.29, 0.717) is 0 Å². The smallest absolute Gasteiger partial charge is 0.381 e. The second-order valence-corrected chi connectivity index (χ2v) is 5.83. The van der Waals surface area contributed by atoms with Crippen molar-refractivity contribution >= 4 is 0 Å². The van der Waals surface area contributed by atoms with Crippen molar-refractivity contribution in [3.05, 3.63) is 0 Å². The monoisotopic (exact) mass is 400 g/mol. The lowest BCUT2D eigenvalue weighted by Gasteiger charge is -2.39. The summed E-state index contributed by atoms with van der Waals surface area (Å²) in [4.78, 5) is 0. The molecule has 0 amide bonds. The lowest BCUT2D eigenvalue weighted by molar-refractivity contribution is -0.414. The molecule has 1 fully saturated rings. The van der Waals surface area contributed by atoms with E-state index in [0.717, 1.165) is 0 Å². The zero-order valence-corrected chi connectivity index (χ0v) is 12.3. The van der Waals surface area contributed by atoms with Crippen LogP contribution in [-0.4, -0.2) is 49.3 Å². The van der Waals surface area contributed by atoms with Crippen molar-refractivity contribution in [2.75, 3.05) is 13.2 Å². The third-order valence-electron chi connectivity index (χ3n) is 3.98. The van der Waals surface area contributed by atoms with Crippen molar-refractivity contribution in [2.24, 2.45) is 11.8 Å². The van der Waals surface area contributed by atoms with Crippen molar-refractivity contribution in [2.45, 2.75) is 49.4 Å². The molecule has 0 saturated carbocycles. The summed E-state index contributed by atoms with van der Waals surface area (Å²) >= 11 is 0. The SMILES string of the molecule is C[C@H]1COC[C@H]1CC(F)(F)C(F)(F)C(F)(F)C(F)(F)C(F)(F)C(F)F. The summed E-state index contributed by atoms with van der Waals surface area (Å²) in [7, 11) is 0. The molecule has 1 aliphatic heterocycles. The lowest BCUT2D eigenvalue weighted by Crippen LogP contribution is -2.68. The molecule has 150 valence electrons. The highest BCUT2D eigenvalue weighted by Gasteiger charge is 2.87. The van der Waals surface area contributed by atoms with Crippen LogP contribution in [-0.2, 0) is 4.74 Å². The fraction of sp³-hybridized carbons (Fsp3) is 1.00. The van der Waals surface area contributed by atoms with Crippen molar-refractivity contribution in [1.82, 2.24) is 0 Å². The zero-order chi connectivity index (χ0) is 20.1. The predicted octanol–water partition coefficient (Wildman–Crippen LogP) is 5.10. The van der Waals surface area contributed by atoms with Gasteiger partial charge in [0.15, 0.2) is 0 Å². The van der Waals surface area contributed by atoms with Crippen LogP contribution >= 0.6 is 0 Å². The van der Waals surface area contributed by atoms with E-state index < -0.39 is 60.9 Å². The molecule has 0 aliphatic carbocycles. The van der Waals surface area contributed by atoms with Gasteiger partial charge in [0.1, 0.15) is 0 Å². The molecule has 25 heavy (non-hydrogen) atoms. The first-order valence-electron chi connectivity index (χ1n) is 6.68. The quantitative estimate of drug-likeness (QED) is 0.541. The van der Waals surface area contributed by atoms with Crippen LogP contribution in [0.15, 0.2) is 0 Å². The maximum Gasteiger partial charge on any atom is 0.384 e. The van der Waals surface area contributed by atoms with Crippen LogP contribution in [0.5, 0.6) is 0 Å². The zero-order valence-electron chi connectivity index (χ0n) is 12.3. The average molecular weight is 400 g/mol. The van der Waals surface area contributed by atoms with Crippen molar-refractivity contribution < 1.29 is 57.4 Å². The Hall–Kier alpha value is -0.880. The minimum absolute atomic E-state index is 0.192. The van der Waals surface area contributed by atoms with Crippen LogP contribution in [0.1, 0.15) is 13.3 Å². The average Bonchev–Trinajstić information content (AvgIpc) is 2.82. The molecule has 13 heteroatoms.